The lowest BCUT2D eigenvalue weighted by atomic mass is 9.89. The highest BCUT2D eigenvalue weighted by Crippen LogP contribution is 2.23. The summed E-state index contributed by atoms with van der Waals surface area (Å²) in [6.45, 7) is 0. The van der Waals surface area contributed by atoms with Crippen LogP contribution in [0.4, 0.5) is 5.69 Å². The number of amides is 1. The fourth-order valence-electron chi connectivity index (χ4n) is 2.13. The van der Waals surface area contributed by atoms with Crippen LogP contribution < -0.4 is 10.9 Å². The maximum atomic E-state index is 11.9. The lowest BCUT2D eigenvalue weighted by molar-refractivity contribution is -0.125. The van der Waals surface area contributed by atoms with Crippen molar-refractivity contribution < 1.29 is 4.79 Å². The van der Waals surface area contributed by atoms with Gasteiger partial charge in [-0.1, -0.05) is 35.2 Å². The molecule has 2 rings (SSSR count). The zero-order valence-corrected chi connectivity index (χ0v) is 11.3. The van der Waals surface area contributed by atoms with Crippen LogP contribution in [0.1, 0.15) is 32.1 Å². The van der Waals surface area contributed by atoms with Crippen LogP contribution in [0.5, 0.6) is 0 Å². The Labute approximate surface area is 110 Å². The summed E-state index contributed by atoms with van der Waals surface area (Å²) in [6.07, 6.45) is 5.67. The predicted molar refractivity (Wildman–Crippen MR) is 72.5 cm³/mol. The minimum atomic E-state index is 0.118. The average Bonchev–Trinajstić information content (AvgIpc) is 2.39. The average molecular weight is 297 g/mol. The Bertz CT molecular complexity index is 372. The van der Waals surface area contributed by atoms with E-state index in [1.54, 1.807) is 0 Å². The van der Waals surface area contributed by atoms with Crippen LogP contribution in [0.2, 0.25) is 0 Å². The largest absolute Gasteiger partial charge is 0.299 e. The molecule has 3 nitrogen and oxygen atoms in total. The number of rotatable bonds is 3. The van der Waals surface area contributed by atoms with E-state index in [0.29, 0.717) is 0 Å². The number of carbonyl (C=O) groups is 1. The molecule has 0 atom stereocenters. The van der Waals surface area contributed by atoms with Crippen molar-refractivity contribution in [1.82, 2.24) is 5.43 Å². The third kappa shape index (κ3) is 3.73. The number of hydrazine groups is 1. The smallest absolute Gasteiger partial charge is 0.241 e. The van der Waals surface area contributed by atoms with Gasteiger partial charge >= 0.3 is 0 Å². The Balaban J connectivity index is 1.81. The molecule has 0 heterocycles. The van der Waals surface area contributed by atoms with Gasteiger partial charge in [0.25, 0.3) is 0 Å². The summed E-state index contributed by atoms with van der Waals surface area (Å²) in [5.41, 5.74) is 6.63. The lowest BCUT2D eigenvalue weighted by Gasteiger charge is -2.21. The van der Waals surface area contributed by atoms with Crippen molar-refractivity contribution in [2.75, 3.05) is 5.43 Å². The molecule has 0 bridgehead atoms. The van der Waals surface area contributed by atoms with Crippen LogP contribution in [0, 0.1) is 5.92 Å². The first-order chi connectivity index (χ1) is 8.25. The van der Waals surface area contributed by atoms with Gasteiger partial charge in [-0.15, -0.1) is 0 Å². The molecule has 0 unspecified atom stereocenters. The highest BCUT2D eigenvalue weighted by molar-refractivity contribution is 9.10. The van der Waals surface area contributed by atoms with Gasteiger partial charge in [0, 0.05) is 10.4 Å². The van der Waals surface area contributed by atoms with E-state index in [1.807, 2.05) is 24.3 Å². The number of carbonyl (C=O) groups excluding carboxylic acids is 1. The van der Waals surface area contributed by atoms with Gasteiger partial charge in [0.05, 0.1) is 5.69 Å². The highest BCUT2D eigenvalue weighted by atomic mass is 79.9. The molecule has 17 heavy (non-hydrogen) atoms. The molecule has 1 aromatic carbocycles. The van der Waals surface area contributed by atoms with E-state index in [9.17, 15) is 4.79 Å². The quantitative estimate of drug-likeness (QED) is 0.839. The van der Waals surface area contributed by atoms with Crippen LogP contribution in [-0.4, -0.2) is 5.91 Å². The zero-order valence-electron chi connectivity index (χ0n) is 9.71. The van der Waals surface area contributed by atoms with E-state index in [0.717, 1.165) is 23.0 Å². The van der Waals surface area contributed by atoms with Gasteiger partial charge < -0.3 is 0 Å². The van der Waals surface area contributed by atoms with Crippen molar-refractivity contribution in [3.05, 3.63) is 28.7 Å². The van der Waals surface area contributed by atoms with Gasteiger partial charge in [0.1, 0.15) is 0 Å². The number of halogens is 1. The zero-order chi connectivity index (χ0) is 12.1. The van der Waals surface area contributed by atoms with E-state index < -0.39 is 0 Å². The Kier molecular flexibility index (Phi) is 4.42. The molecule has 0 aliphatic heterocycles. The van der Waals surface area contributed by atoms with Crippen molar-refractivity contribution in [1.29, 1.82) is 0 Å². The SMILES string of the molecule is O=C(NNc1ccc(Br)cc1)C1CCCCC1. The molecular formula is C13H17BrN2O. The second kappa shape index (κ2) is 6.05. The van der Waals surface area contributed by atoms with Gasteiger partial charge in [0.15, 0.2) is 0 Å². The summed E-state index contributed by atoms with van der Waals surface area (Å²) in [5.74, 6) is 0.305. The van der Waals surface area contributed by atoms with Gasteiger partial charge in [-0.25, -0.2) is 0 Å². The van der Waals surface area contributed by atoms with Crippen molar-refractivity contribution >= 4 is 27.5 Å². The molecule has 92 valence electrons. The van der Waals surface area contributed by atoms with Crippen LogP contribution in [0.3, 0.4) is 0 Å². The molecule has 0 aromatic heterocycles. The second-order valence-corrected chi connectivity index (χ2v) is 5.37. The Morgan fingerprint density at radius 3 is 2.41 bits per heavy atom. The van der Waals surface area contributed by atoms with Crippen molar-refractivity contribution in [2.24, 2.45) is 5.92 Å². The Hall–Kier alpha value is -1.03. The van der Waals surface area contributed by atoms with Crippen molar-refractivity contribution in [3.63, 3.8) is 0 Å². The maximum absolute atomic E-state index is 11.9. The molecule has 1 aromatic rings. The molecular weight excluding hydrogens is 280 g/mol. The van der Waals surface area contributed by atoms with Gasteiger partial charge in [-0.2, -0.15) is 0 Å². The first kappa shape index (κ1) is 12.4. The molecule has 1 fully saturated rings. The Morgan fingerprint density at radius 2 is 1.76 bits per heavy atom. The van der Waals surface area contributed by atoms with E-state index in [1.165, 1.54) is 19.3 Å². The summed E-state index contributed by atoms with van der Waals surface area (Å²) >= 11 is 3.37. The van der Waals surface area contributed by atoms with Crippen LogP contribution in [0.15, 0.2) is 28.7 Å². The minimum Gasteiger partial charge on any atom is -0.299 e. The van der Waals surface area contributed by atoms with E-state index in [-0.39, 0.29) is 11.8 Å². The van der Waals surface area contributed by atoms with Crippen LogP contribution in [0.25, 0.3) is 0 Å². The molecule has 1 saturated carbocycles. The van der Waals surface area contributed by atoms with Gasteiger partial charge in [-0.3, -0.25) is 15.6 Å². The number of benzene rings is 1. The first-order valence-corrected chi connectivity index (χ1v) is 6.86. The molecule has 1 aliphatic rings. The molecule has 2 N–H and O–H groups in total. The number of hydrogen-bond acceptors (Lipinski definition) is 2. The van der Waals surface area contributed by atoms with Crippen molar-refractivity contribution in [3.8, 4) is 0 Å². The minimum absolute atomic E-state index is 0.118. The topological polar surface area (TPSA) is 41.1 Å². The van der Waals surface area contributed by atoms with E-state index in [4.69, 9.17) is 0 Å². The molecule has 1 aliphatic carbocycles. The van der Waals surface area contributed by atoms with E-state index >= 15 is 0 Å². The number of hydrogen-bond donors (Lipinski definition) is 2. The number of anilines is 1. The molecule has 0 radical (unpaired) electrons. The van der Waals surface area contributed by atoms with Gasteiger partial charge in [0.2, 0.25) is 5.91 Å². The summed E-state index contributed by atoms with van der Waals surface area (Å²) in [5, 5.41) is 0. The Morgan fingerprint density at radius 1 is 1.12 bits per heavy atom. The van der Waals surface area contributed by atoms with Crippen LogP contribution >= 0.6 is 15.9 Å². The third-order valence-corrected chi connectivity index (χ3v) is 3.68. The maximum Gasteiger partial charge on any atom is 0.241 e. The fourth-order valence-corrected chi connectivity index (χ4v) is 2.40. The molecule has 1 amide bonds. The summed E-state index contributed by atoms with van der Waals surface area (Å²) in [6, 6.07) is 7.72. The predicted octanol–water partition coefficient (Wildman–Crippen LogP) is 3.47. The van der Waals surface area contributed by atoms with Crippen LogP contribution in [-0.2, 0) is 4.79 Å². The monoisotopic (exact) mass is 296 g/mol. The summed E-state index contributed by atoms with van der Waals surface area (Å²) < 4.78 is 1.03. The van der Waals surface area contributed by atoms with E-state index in [2.05, 4.69) is 26.8 Å². The fraction of sp³-hybridized carbons (Fsp3) is 0.462. The number of nitrogens with one attached hydrogen (secondary N) is 2. The molecule has 4 heteroatoms. The standard InChI is InChI=1S/C13H17BrN2O/c14-11-6-8-12(9-7-11)15-16-13(17)10-4-2-1-3-5-10/h6-10,15H,1-5H2,(H,16,17). The first-order valence-electron chi connectivity index (χ1n) is 6.07. The molecule has 0 saturated heterocycles. The summed E-state index contributed by atoms with van der Waals surface area (Å²) in [4.78, 5) is 11.9. The van der Waals surface area contributed by atoms with Gasteiger partial charge in [-0.05, 0) is 37.1 Å². The van der Waals surface area contributed by atoms with Crippen molar-refractivity contribution in [2.45, 2.75) is 32.1 Å². The molecule has 0 spiro atoms. The third-order valence-electron chi connectivity index (χ3n) is 3.15. The second-order valence-electron chi connectivity index (χ2n) is 4.46. The summed E-state index contributed by atoms with van der Waals surface area (Å²) in [7, 11) is 0. The normalized spacial score (nSPS) is 16.5. The lowest BCUT2D eigenvalue weighted by Crippen LogP contribution is -2.35. The highest BCUT2D eigenvalue weighted by Gasteiger charge is 2.20.